The molecular weight excluding hydrogens is 950 g/mol. The number of terminal acetylenes is 1. The quantitative estimate of drug-likeness (QED) is 0.0587. The number of carbonyl (C=O) groups excluding carboxylic acids is 3. The van der Waals surface area contributed by atoms with Crippen molar-refractivity contribution in [2.45, 2.75) is 150 Å². The summed E-state index contributed by atoms with van der Waals surface area (Å²) in [5, 5.41) is 13.9. The molecule has 67 heavy (non-hydrogen) atoms. The number of hydrogen-bond donors (Lipinski definition) is 3. The molecule has 0 aliphatic heterocycles. The van der Waals surface area contributed by atoms with E-state index < -0.39 is 29.4 Å². The van der Waals surface area contributed by atoms with E-state index in [4.69, 9.17) is 21.0 Å². The molecule has 4 rings (SSSR count). The summed E-state index contributed by atoms with van der Waals surface area (Å²) in [4.78, 5) is 55.8. The number of alkyl carbamates (subject to hydrolysis) is 2. The van der Waals surface area contributed by atoms with Gasteiger partial charge in [0, 0.05) is 20.4 Å². The minimum atomic E-state index is -0.851. The fourth-order valence-electron chi connectivity index (χ4n) is 5.93. The Balaban J connectivity index is 0.00000101. The third kappa shape index (κ3) is 19.2. The van der Waals surface area contributed by atoms with E-state index in [2.05, 4.69) is 81.0 Å². The van der Waals surface area contributed by atoms with Crippen LogP contribution in [0.5, 0.6) is 0 Å². The van der Waals surface area contributed by atoms with Crippen molar-refractivity contribution in [3.05, 3.63) is 122 Å². The number of halogens is 1. The molecule has 11 nitrogen and oxygen atoms in total. The summed E-state index contributed by atoms with van der Waals surface area (Å²) in [7, 11) is 0. The van der Waals surface area contributed by atoms with E-state index >= 15 is 0 Å². The number of amides is 2. The van der Waals surface area contributed by atoms with Crippen molar-refractivity contribution in [2.24, 2.45) is 0 Å². The molecule has 0 spiro atoms. The van der Waals surface area contributed by atoms with Gasteiger partial charge < -0.3 is 30.2 Å². The first-order valence-electron chi connectivity index (χ1n) is 21.5. The summed E-state index contributed by atoms with van der Waals surface area (Å²) >= 11 is 2.08. The van der Waals surface area contributed by atoms with Gasteiger partial charge in [-0.2, -0.15) is 5.56 Å². The first kappa shape index (κ1) is 61.9. The number of ketones is 1. The minimum Gasteiger partial charge on any atom is -0.478 e. The van der Waals surface area contributed by atoms with E-state index in [-0.39, 0.29) is 37.7 Å². The van der Waals surface area contributed by atoms with Gasteiger partial charge >= 0.3 is 37.0 Å². The number of nitrogens with one attached hydrogen (secondary N) is 2. The molecule has 2 heterocycles. The fourth-order valence-corrected chi connectivity index (χ4v) is 6.72. The molecule has 0 saturated carbocycles. The summed E-state index contributed by atoms with van der Waals surface area (Å²) in [6, 6.07) is 3.62. The molecular formula is C54H70ILiN4O7. The van der Waals surface area contributed by atoms with E-state index in [9.17, 15) is 19.2 Å². The maximum atomic E-state index is 13.6. The van der Waals surface area contributed by atoms with Gasteiger partial charge in [0.25, 0.3) is 0 Å². The molecule has 0 bridgehead atoms. The summed E-state index contributed by atoms with van der Waals surface area (Å²) < 4.78 is 11.0. The van der Waals surface area contributed by atoms with E-state index in [0.29, 0.717) is 22.4 Å². The number of ether oxygens (including phenoxy) is 2. The van der Waals surface area contributed by atoms with Crippen LogP contribution >= 0.6 is 22.6 Å². The molecule has 356 valence electrons. The van der Waals surface area contributed by atoms with Crippen molar-refractivity contribution < 1.29 is 52.6 Å². The Labute approximate surface area is 426 Å². The minimum absolute atomic E-state index is 0. The Hall–Kier alpha value is -5.13. The van der Waals surface area contributed by atoms with E-state index in [1.165, 1.54) is 16.7 Å². The summed E-state index contributed by atoms with van der Waals surface area (Å²) in [6.07, 6.45) is 6.88. The number of aromatic nitrogens is 2. The Kier molecular flexibility index (Phi) is 24.9. The van der Waals surface area contributed by atoms with Gasteiger partial charge in [0.2, 0.25) is 5.78 Å². The number of nitrogens with zero attached hydrogens (tertiary/aromatic N) is 2. The fraction of sp³-hybridized carbons (Fsp3) is 0.444. The van der Waals surface area contributed by atoms with Crippen LogP contribution in [0.2, 0.25) is 0 Å². The average molecular weight is 1020 g/mol. The van der Waals surface area contributed by atoms with Crippen LogP contribution < -0.4 is 29.5 Å². The van der Waals surface area contributed by atoms with Gasteiger partial charge in [-0.3, -0.25) is 4.79 Å². The molecule has 4 aromatic rings. The number of pyridine rings is 2. The number of rotatable bonds is 5. The van der Waals surface area contributed by atoms with E-state index in [0.717, 1.165) is 65.0 Å². The molecule has 3 N–H and O–H groups in total. The molecule has 0 fully saturated rings. The molecule has 0 aliphatic rings. The number of benzene rings is 2. The Morgan fingerprint density at radius 1 is 0.657 bits per heavy atom. The van der Waals surface area contributed by atoms with Crippen molar-refractivity contribution in [3.63, 3.8) is 0 Å². The normalized spacial score (nSPS) is 10.3. The number of carboxylic acid groups (broad SMARTS) is 1. The topological polar surface area (TPSA) is 157 Å². The van der Waals surface area contributed by atoms with Gasteiger partial charge in [-0.1, -0.05) is 57.3 Å². The molecule has 2 aromatic heterocycles. The maximum absolute atomic E-state index is 13.6. The maximum Gasteiger partial charge on any atom is 1.00 e. The zero-order valence-electron chi connectivity index (χ0n) is 43.8. The van der Waals surface area contributed by atoms with Crippen LogP contribution in [-0.2, 0) is 9.47 Å². The van der Waals surface area contributed by atoms with Crippen LogP contribution in [0.25, 0.3) is 0 Å². The van der Waals surface area contributed by atoms with Crippen LogP contribution in [0.15, 0.2) is 12.1 Å². The van der Waals surface area contributed by atoms with Gasteiger partial charge in [0.15, 0.2) is 0 Å². The number of hydrogen-bond acceptors (Lipinski definition) is 8. The molecule has 0 unspecified atom stereocenters. The van der Waals surface area contributed by atoms with Gasteiger partial charge in [-0.05, 0) is 196 Å². The van der Waals surface area contributed by atoms with Gasteiger partial charge in [0.05, 0.1) is 18.7 Å². The van der Waals surface area contributed by atoms with Crippen LogP contribution in [0.3, 0.4) is 0 Å². The summed E-state index contributed by atoms with van der Waals surface area (Å²) in [5.41, 5.74) is 16.2. The van der Waals surface area contributed by atoms with E-state index in [1.807, 2.05) is 89.2 Å². The Bertz CT molecular complexity index is 2540. The van der Waals surface area contributed by atoms with Gasteiger partial charge in [-0.25, -0.2) is 19.4 Å². The standard InChI is InChI=1S/C27H34N2O3.C10H11IO2.C9H12N.C8H13NO2.Li/c1-15-14-23(25(30)24-20(6)17(3)18(4)21(7)29-24)22(19(5)16(15)2)12-11-13-28-26(31)32-27(8,9)10;1-5-4-8(10(12)13)9(11)7(3)6(5)2;1-6-5-10-9(4)8(3)7(6)2;1-5-6-9-7(10)11-8(2,3)4;/h14H,13H2,1-10H3,(H,28,31);4H,1-3H3,(H,12,13);1-4H3;1H,6H2,2-4H3,(H,9,10);/q;;-1;;+1. The third-order valence-electron chi connectivity index (χ3n) is 11.0. The van der Waals surface area contributed by atoms with E-state index in [1.54, 1.807) is 47.6 Å². The second kappa shape index (κ2) is 27.0. The predicted octanol–water partition coefficient (Wildman–Crippen LogP) is 8.53. The van der Waals surface area contributed by atoms with Gasteiger partial charge in [-0.15, -0.1) is 17.6 Å². The Morgan fingerprint density at radius 2 is 1.12 bits per heavy atom. The Morgan fingerprint density at radius 3 is 1.58 bits per heavy atom. The first-order chi connectivity index (χ1) is 30.3. The molecule has 0 saturated heterocycles. The van der Waals surface area contributed by atoms with Gasteiger partial charge in [0.1, 0.15) is 16.9 Å². The van der Waals surface area contributed by atoms with Crippen molar-refractivity contribution in [1.29, 1.82) is 0 Å². The van der Waals surface area contributed by atoms with Crippen LogP contribution in [0.4, 0.5) is 9.59 Å². The molecule has 2 amide bonds. The van der Waals surface area contributed by atoms with Crippen molar-refractivity contribution in [2.75, 3.05) is 13.1 Å². The number of carboxylic acids is 1. The molecule has 0 atom stereocenters. The smallest absolute Gasteiger partial charge is 0.478 e. The average Bonchev–Trinajstić information content (AvgIpc) is 3.22. The van der Waals surface area contributed by atoms with Crippen molar-refractivity contribution >= 4 is 46.5 Å². The monoisotopic (exact) mass is 1020 g/mol. The number of carbonyl (C=O) groups is 4. The zero-order valence-corrected chi connectivity index (χ0v) is 46.0. The van der Waals surface area contributed by atoms with Crippen molar-refractivity contribution in [3.8, 4) is 24.2 Å². The number of aryl methyl sites for hydroxylation is 5. The van der Waals surface area contributed by atoms with Crippen LogP contribution in [-0.4, -0.2) is 63.3 Å². The summed E-state index contributed by atoms with van der Waals surface area (Å²) in [5.74, 6) is 7.36. The van der Waals surface area contributed by atoms with Crippen molar-refractivity contribution in [1.82, 2.24) is 20.6 Å². The first-order valence-corrected chi connectivity index (χ1v) is 22.6. The van der Waals surface area contributed by atoms with Crippen LogP contribution in [0, 0.1) is 131 Å². The van der Waals surface area contributed by atoms with Crippen LogP contribution in [0.1, 0.15) is 152 Å². The number of aromatic carboxylic acids is 1. The molecule has 0 aliphatic carbocycles. The SMILES string of the molecule is C#CCNC(=O)OC(C)(C)C.Cc1[c-]nc(C)c(C)c1C.Cc1cc(C(=O)O)c(I)c(C)c1C.Cc1cc(C(=O)c2nc(C)c(C)c(C)c2C)c(C#CCNC(=O)OC(C)(C)C)c(C)c1C.[Li+]. The third-order valence-corrected chi connectivity index (χ3v) is 12.3. The largest absolute Gasteiger partial charge is 1.00 e. The molecule has 0 radical (unpaired) electrons. The second-order valence-corrected chi connectivity index (χ2v) is 19.2. The molecule has 2 aromatic carbocycles. The summed E-state index contributed by atoms with van der Waals surface area (Å²) in [6.45, 7) is 39.2. The second-order valence-electron chi connectivity index (χ2n) is 18.1. The predicted molar refractivity (Wildman–Crippen MR) is 274 cm³/mol. The molecule has 13 heteroatoms. The zero-order chi connectivity index (χ0) is 51.2.